The predicted octanol–water partition coefficient (Wildman–Crippen LogP) is 2.95. The fourth-order valence-electron chi connectivity index (χ4n) is 4.59. The highest BCUT2D eigenvalue weighted by molar-refractivity contribution is 4.97. The maximum Gasteiger partial charge on any atom is 0.0331 e. The van der Waals surface area contributed by atoms with Crippen LogP contribution in [0.3, 0.4) is 0 Å². The van der Waals surface area contributed by atoms with Crippen molar-refractivity contribution >= 4 is 0 Å². The molecule has 21 heavy (non-hydrogen) atoms. The van der Waals surface area contributed by atoms with E-state index in [4.69, 9.17) is 5.73 Å². The minimum atomic E-state index is 0.306. The van der Waals surface area contributed by atoms with E-state index in [0.717, 1.165) is 24.4 Å². The van der Waals surface area contributed by atoms with Crippen LogP contribution in [0.15, 0.2) is 0 Å². The highest BCUT2D eigenvalue weighted by atomic mass is 15.2. The lowest BCUT2D eigenvalue weighted by molar-refractivity contribution is 0.0334. The van der Waals surface area contributed by atoms with Crippen LogP contribution in [0.2, 0.25) is 0 Å². The van der Waals surface area contributed by atoms with Crippen molar-refractivity contribution in [3.05, 3.63) is 0 Å². The van der Waals surface area contributed by atoms with Gasteiger partial charge in [0.25, 0.3) is 0 Å². The Morgan fingerprint density at radius 2 is 1.76 bits per heavy atom. The molecule has 1 aliphatic heterocycles. The molecule has 1 saturated heterocycles. The van der Waals surface area contributed by atoms with E-state index in [-0.39, 0.29) is 0 Å². The molecule has 0 amide bonds. The average molecular weight is 296 g/mol. The number of hydrogen-bond acceptors (Lipinski definition) is 3. The molecule has 0 aromatic rings. The third-order valence-electron chi connectivity index (χ3n) is 6.39. The number of nitrogens with zero attached hydrogens (tertiary/aromatic N) is 2. The second-order valence-electron chi connectivity index (χ2n) is 8.05. The predicted molar refractivity (Wildman–Crippen MR) is 91.5 cm³/mol. The molecule has 3 nitrogen and oxygen atoms in total. The van der Waals surface area contributed by atoms with Crippen LogP contribution < -0.4 is 5.73 Å². The third kappa shape index (κ3) is 4.00. The van der Waals surface area contributed by atoms with Crippen molar-refractivity contribution in [2.24, 2.45) is 17.6 Å². The lowest BCUT2D eigenvalue weighted by atomic mass is 9.84. The summed E-state index contributed by atoms with van der Waals surface area (Å²) in [5.74, 6) is 1.75. The van der Waals surface area contributed by atoms with Crippen molar-refractivity contribution in [1.82, 2.24) is 9.80 Å². The highest BCUT2D eigenvalue weighted by Gasteiger charge is 2.39. The average Bonchev–Trinajstić information content (AvgIpc) is 2.71. The maximum absolute atomic E-state index is 6.30. The molecule has 2 rings (SSSR count). The molecule has 124 valence electrons. The van der Waals surface area contributed by atoms with E-state index >= 15 is 0 Å². The third-order valence-corrected chi connectivity index (χ3v) is 6.39. The van der Waals surface area contributed by atoms with Crippen LogP contribution in [0.25, 0.3) is 0 Å². The van der Waals surface area contributed by atoms with Crippen molar-refractivity contribution < 1.29 is 0 Å². The summed E-state index contributed by atoms with van der Waals surface area (Å²) in [6, 6.07) is 0.769. The fourth-order valence-corrected chi connectivity index (χ4v) is 4.59. The van der Waals surface area contributed by atoms with Gasteiger partial charge in [0.1, 0.15) is 0 Å². The van der Waals surface area contributed by atoms with Gasteiger partial charge in [0.05, 0.1) is 0 Å². The van der Waals surface area contributed by atoms with E-state index in [2.05, 4.69) is 37.7 Å². The van der Waals surface area contributed by atoms with Crippen molar-refractivity contribution in [3.8, 4) is 0 Å². The normalized spacial score (nSPS) is 33.6. The first-order valence-corrected chi connectivity index (χ1v) is 9.10. The summed E-state index contributed by atoms with van der Waals surface area (Å²) in [7, 11) is 4.44. The molecule has 1 aliphatic carbocycles. The number of likely N-dealkylation sites (tertiary alicyclic amines) is 1. The first-order chi connectivity index (χ1) is 9.98. The summed E-state index contributed by atoms with van der Waals surface area (Å²) < 4.78 is 0. The Morgan fingerprint density at radius 1 is 1.10 bits per heavy atom. The van der Waals surface area contributed by atoms with Gasteiger partial charge in [-0.25, -0.2) is 0 Å². The Labute approximate surface area is 132 Å². The van der Waals surface area contributed by atoms with Crippen molar-refractivity contribution in [1.29, 1.82) is 0 Å². The number of hydrogen-bond donors (Lipinski definition) is 1. The molecular weight excluding hydrogens is 258 g/mol. The summed E-state index contributed by atoms with van der Waals surface area (Å²) in [6.45, 7) is 8.12. The van der Waals surface area contributed by atoms with Gasteiger partial charge < -0.3 is 10.6 Å². The molecule has 0 bridgehead atoms. The zero-order chi connectivity index (χ0) is 15.5. The fraction of sp³-hybridized carbons (Fsp3) is 1.00. The monoisotopic (exact) mass is 295 g/mol. The van der Waals surface area contributed by atoms with Crippen molar-refractivity contribution in [2.45, 2.75) is 70.4 Å². The first-order valence-electron chi connectivity index (χ1n) is 9.10. The van der Waals surface area contributed by atoms with E-state index in [1.165, 1.54) is 58.0 Å². The van der Waals surface area contributed by atoms with Gasteiger partial charge in [-0.05, 0) is 58.0 Å². The van der Waals surface area contributed by atoms with Gasteiger partial charge in [-0.1, -0.05) is 26.7 Å². The Morgan fingerprint density at radius 3 is 2.29 bits per heavy atom. The van der Waals surface area contributed by atoms with E-state index < -0.39 is 0 Å². The Hall–Kier alpha value is -0.120. The lowest BCUT2D eigenvalue weighted by Gasteiger charge is -2.47. The topological polar surface area (TPSA) is 32.5 Å². The van der Waals surface area contributed by atoms with Crippen LogP contribution in [-0.4, -0.2) is 55.1 Å². The molecule has 1 heterocycles. The molecule has 0 aromatic heterocycles. The standard InChI is InChI=1S/C18H37N3/c1-15(2)16-6-5-10-18(14-19,11-7-16)21-12-8-17(9-13-21)20(3)4/h15-17H,5-14,19H2,1-4H3. The van der Waals surface area contributed by atoms with Crippen LogP contribution >= 0.6 is 0 Å². The zero-order valence-electron chi connectivity index (χ0n) is 14.8. The maximum atomic E-state index is 6.30. The molecule has 3 heteroatoms. The van der Waals surface area contributed by atoms with Gasteiger partial charge in [0, 0.05) is 31.2 Å². The summed E-state index contributed by atoms with van der Waals surface area (Å²) in [6.07, 6.45) is 9.41. The van der Waals surface area contributed by atoms with E-state index in [9.17, 15) is 0 Å². The highest BCUT2D eigenvalue weighted by Crippen LogP contribution is 2.38. The summed E-state index contributed by atoms with van der Waals surface area (Å²) >= 11 is 0. The quantitative estimate of drug-likeness (QED) is 0.809. The molecule has 2 N–H and O–H groups in total. The molecule has 2 unspecified atom stereocenters. The van der Waals surface area contributed by atoms with Gasteiger partial charge in [-0.3, -0.25) is 4.90 Å². The molecule has 0 spiro atoms. The summed E-state index contributed by atoms with van der Waals surface area (Å²) in [5.41, 5.74) is 6.61. The molecule has 0 radical (unpaired) electrons. The molecule has 0 aromatic carbocycles. The Kier molecular flexibility index (Phi) is 6.10. The van der Waals surface area contributed by atoms with E-state index in [1.807, 2.05) is 0 Å². The molecule has 2 aliphatic rings. The van der Waals surface area contributed by atoms with Crippen LogP contribution in [-0.2, 0) is 0 Å². The van der Waals surface area contributed by atoms with Gasteiger partial charge in [-0.2, -0.15) is 0 Å². The van der Waals surface area contributed by atoms with Crippen molar-refractivity contribution in [2.75, 3.05) is 33.7 Å². The summed E-state index contributed by atoms with van der Waals surface area (Å²) in [4.78, 5) is 5.16. The SMILES string of the molecule is CC(C)C1CCCC(CN)(N2CCC(N(C)C)CC2)CC1. The second-order valence-corrected chi connectivity index (χ2v) is 8.05. The van der Waals surface area contributed by atoms with Crippen LogP contribution in [0, 0.1) is 11.8 Å². The first kappa shape index (κ1) is 17.2. The van der Waals surface area contributed by atoms with Gasteiger partial charge >= 0.3 is 0 Å². The minimum absolute atomic E-state index is 0.306. The van der Waals surface area contributed by atoms with Gasteiger partial charge in [-0.15, -0.1) is 0 Å². The number of piperidine rings is 1. The molecular formula is C18H37N3. The second kappa shape index (κ2) is 7.43. The molecule has 2 atom stereocenters. The van der Waals surface area contributed by atoms with Gasteiger partial charge in [0.15, 0.2) is 0 Å². The van der Waals surface area contributed by atoms with Gasteiger partial charge in [0.2, 0.25) is 0 Å². The summed E-state index contributed by atoms with van der Waals surface area (Å²) in [5, 5.41) is 0. The Bertz CT molecular complexity index is 308. The lowest BCUT2D eigenvalue weighted by Crippen LogP contribution is -2.57. The van der Waals surface area contributed by atoms with Crippen LogP contribution in [0.4, 0.5) is 0 Å². The number of rotatable bonds is 4. The van der Waals surface area contributed by atoms with E-state index in [0.29, 0.717) is 5.54 Å². The zero-order valence-corrected chi connectivity index (χ0v) is 14.8. The van der Waals surface area contributed by atoms with Crippen LogP contribution in [0.1, 0.15) is 58.8 Å². The number of nitrogens with two attached hydrogens (primary N) is 1. The van der Waals surface area contributed by atoms with Crippen LogP contribution in [0.5, 0.6) is 0 Å². The molecule has 1 saturated carbocycles. The Balaban J connectivity index is 1.98. The minimum Gasteiger partial charge on any atom is -0.329 e. The van der Waals surface area contributed by atoms with E-state index in [1.54, 1.807) is 0 Å². The largest absolute Gasteiger partial charge is 0.329 e. The molecule has 2 fully saturated rings. The smallest absolute Gasteiger partial charge is 0.0331 e. The van der Waals surface area contributed by atoms with Crippen molar-refractivity contribution in [3.63, 3.8) is 0 Å².